The van der Waals surface area contributed by atoms with E-state index in [-0.39, 0.29) is 13.0 Å². The molecule has 11 heteroatoms. The maximum atomic E-state index is 10.7. The number of nitrogens with two attached hydrogens (primary N) is 1. The molecule has 9 nitrogen and oxygen atoms in total. The molecule has 2 rings (SSSR count). The molecule has 1 heterocycles. The van der Waals surface area contributed by atoms with Crippen LogP contribution in [0.5, 0.6) is 0 Å². The van der Waals surface area contributed by atoms with E-state index in [1.807, 2.05) is 24.3 Å². The number of fused-ring (bicyclic) bond motifs is 1. The third kappa shape index (κ3) is 4.33. The van der Waals surface area contributed by atoms with E-state index >= 15 is 0 Å². The van der Waals surface area contributed by atoms with E-state index in [1.54, 1.807) is 10.9 Å². The van der Waals surface area contributed by atoms with Crippen LogP contribution in [0.15, 0.2) is 30.6 Å². The Morgan fingerprint density at radius 3 is 2.48 bits per heavy atom. The van der Waals surface area contributed by atoms with Crippen LogP contribution in [0.4, 0.5) is 0 Å². The molecule has 112 valence electrons. The molecule has 21 heavy (non-hydrogen) atoms. The summed E-state index contributed by atoms with van der Waals surface area (Å²) in [5.74, 6) is -2.14. The van der Waals surface area contributed by atoms with Crippen molar-refractivity contribution in [3.8, 4) is 0 Å². The van der Waals surface area contributed by atoms with E-state index in [1.165, 1.54) is 0 Å². The van der Waals surface area contributed by atoms with Crippen molar-refractivity contribution in [2.75, 3.05) is 0 Å². The molecular formula is C10H13N3O6P2+2. The summed E-state index contributed by atoms with van der Waals surface area (Å²) < 4.78 is 32.2. The van der Waals surface area contributed by atoms with Crippen LogP contribution in [0.1, 0.15) is 6.42 Å². The lowest BCUT2D eigenvalue weighted by Crippen LogP contribution is -2.43. The zero-order valence-electron chi connectivity index (χ0n) is 10.7. The zero-order valence-corrected chi connectivity index (χ0v) is 12.5. The summed E-state index contributed by atoms with van der Waals surface area (Å²) in [6, 6.07) is 7.33. The quantitative estimate of drug-likeness (QED) is 0.510. The molecule has 0 saturated carbocycles. The Morgan fingerprint density at radius 1 is 1.24 bits per heavy atom. The van der Waals surface area contributed by atoms with Crippen LogP contribution in [0.3, 0.4) is 0 Å². The van der Waals surface area contributed by atoms with Crippen molar-refractivity contribution in [1.82, 2.24) is 9.55 Å². The number of benzene rings is 1. The van der Waals surface area contributed by atoms with Gasteiger partial charge in [-0.2, -0.15) is 0 Å². The van der Waals surface area contributed by atoms with Crippen molar-refractivity contribution >= 4 is 27.5 Å². The second kappa shape index (κ2) is 6.64. The minimum Gasteiger partial charge on any atom is -0.330 e. The Morgan fingerprint density at radius 2 is 1.86 bits per heavy atom. The first kappa shape index (κ1) is 16.1. The van der Waals surface area contributed by atoms with Crippen LogP contribution in [0, 0.1) is 0 Å². The Bertz CT molecular complexity index is 660. The predicted octanol–water partition coefficient (Wildman–Crippen LogP) is 1.37. The summed E-state index contributed by atoms with van der Waals surface area (Å²) in [4.78, 5) is 21.7. The molecule has 0 amide bonds. The molecule has 2 aromatic rings. The highest BCUT2D eigenvalue weighted by Crippen LogP contribution is 2.33. The van der Waals surface area contributed by atoms with Crippen molar-refractivity contribution in [3.63, 3.8) is 0 Å². The highest BCUT2D eigenvalue weighted by molar-refractivity contribution is 7.33. The molecule has 4 N–H and O–H groups in total. The van der Waals surface area contributed by atoms with Crippen molar-refractivity contribution in [1.29, 1.82) is 0 Å². The van der Waals surface area contributed by atoms with Gasteiger partial charge in [0, 0.05) is 22.1 Å². The summed E-state index contributed by atoms with van der Waals surface area (Å²) in [5.41, 5.74) is 7.18. The lowest BCUT2D eigenvalue weighted by Gasteiger charge is -2.15. The maximum absolute atomic E-state index is 10.7. The smallest absolute Gasteiger partial charge is 0.330 e. The number of hydrogen-bond donors (Lipinski definition) is 3. The minimum absolute atomic E-state index is 0.128. The number of hydrogen-bond acceptors (Lipinski definition) is 6. The fourth-order valence-electron chi connectivity index (χ4n) is 1.84. The molecule has 2 atom stereocenters. The normalized spacial score (nSPS) is 15.8. The summed E-state index contributed by atoms with van der Waals surface area (Å²) in [6.07, 6.45) is 1.43. The van der Waals surface area contributed by atoms with Crippen LogP contribution >= 0.6 is 16.5 Å². The van der Waals surface area contributed by atoms with E-state index in [9.17, 15) is 9.13 Å². The molecule has 0 spiro atoms. The molecule has 1 aromatic carbocycles. The Hall–Kier alpha value is -1.31. The average Bonchev–Trinajstić information content (AvgIpc) is 2.77. The third-order valence-electron chi connectivity index (χ3n) is 2.69. The van der Waals surface area contributed by atoms with E-state index in [4.69, 9.17) is 15.5 Å². The van der Waals surface area contributed by atoms with Gasteiger partial charge in [-0.05, 0) is 12.1 Å². The number of aryl methyl sites for hydroxylation is 1. The fourth-order valence-corrected chi connectivity index (χ4v) is 2.68. The fraction of sp³-hybridized carbons (Fsp3) is 0.300. The lowest BCUT2D eigenvalue weighted by atomic mass is 10.3. The Balaban J connectivity index is 2.14. The van der Waals surface area contributed by atoms with Gasteiger partial charge in [0.15, 0.2) is 0 Å². The predicted molar refractivity (Wildman–Crippen MR) is 73.1 cm³/mol. The van der Waals surface area contributed by atoms with E-state index in [0.29, 0.717) is 0 Å². The van der Waals surface area contributed by atoms with Gasteiger partial charge in [0.1, 0.15) is 0 Å². The first-order chi connectivity index (χ1) is 9.89. The molecule has 0 fully saturated rings. The highest BCUT2D eigenvalue weighted by atomic mass is 31.1. The second-order valence-corrected chi connectivity index (χ2v) is 5.46. The van der Waals surface area contributed by atoms with Gasteiger partial charge in [-0.25, -0.2) is 4.98 Å². The van der Waals surface area contributed by atoms with Gasteiger partial charge in [0.25, 0.3) is 0 Å². The van der Waals surface area contributed by atoms with Gasteiger partial charge in [-0.3, -0.25) is 5.73 Å². The molecular weight excluding hydrogens is 320 g/mol. The summed E-state index contributed by atoms with van der Waals surface area (Å²) in [6.45, 7) is 0.212. The molecule has 0 aliphatic rings. The van der Waals surface area contributed by atoms with Crippen LogP contribution in [-0.2, 0) is 24.7 Å². The van der Waals surface area contributed by atoms with Gasteiger partial charge in [0.2, 0.25) is 0 Å². The zero-order chi connectivity index (χ0) is 15.5. The SMILES string of the molecule is NC(CCn1cnc2ccccc21)(O[P+](=O)O)O[P+](=O)O. The first-order valence-corrected chi connectivity index (χ1v) is 8.05. The van der Waals surface area contributed by atoms with E-state index in [2.05, 4.69) is 14.0 Å². The largest absolute Gasteiger partial charge is 0.699 e. The average molecular weight is 333 g/mol. The topological polar surface area (TPSA) is 137 Å². The Labute approximate surface area is 121 Å². The van der Waals surface area contributed by atoms with Crippen LogP contribution in [0.25, 0.3) is 11.0 Å². The van der Waals surface area contributed by atoms with Crippen LogP contribution in [0.2, 0.25) is 0 Å². The van der Waals surface area contributed by atoms with Gasteiger partial charge in [0.05, 0.1) is 17.4 Å². The van der Waals surface area contributed by atoms with E-state index < -0.39 is 22.4 Å². The maximum Gasteiger partial charge on any atom is 0.699 e. The molecule has 1 aromatic heterocycles. The molecule has 0 radical (unpaired) electrons. The first-order valence-electron chi connectivity index (χ1n) is 5.79. The highest BCUT2D eigenvalue weighted by Gasteiger charge is 2.45. The summed E-state index contributed by atoms with van der Waals surface area (Å²) >= 11 is 0. The number of para-hydroxylation sites is 2. The molecule has 0 aliphatic heterocycles. The van der Waals surface area contributed by atoms with Crippen molar-refractivity contribution in [2.24, 2.45) is 5.73 Å². The van der Waals surface area contributed by atoms with Gasteiger partial charge in [-0.1, -0.05) is 21.2 Å². The lowest BCUT2D eigenvalue weighted by molar-refractivity contribution is -0.117. The molecule has 0 bridgehead atoms. The second-order valence-electron chi connectivity index (χ2n) is 4.15. The van der Waals surface area contributed by atoms with E-state index in [0.717, 1.165) is 11.0 Å². The summed E-state index contributed by atoms with van der Waals surface area (Å²) in [7, 11) is -6.17. The van der Waals surface area contributed by atoms with Gasteiger partial charge < -0.3 is 4.57 Å². The van der Waals surface area contributed by atoms with Crippen molar-refractivity contribution < 1.29 is 28.0 Å². The van der Waals surface area contributed by atoms with Gasteiger partial charge >= 0.3 is 22.4 Å². The Kier molecular flexibility index (Phi) is 5.08. The third-order valence-corrected chi connectivity index (χ3v) is 3.62. The molecule has 2 unspecified atom stereocenters. The van der Waals surface area contributed by atoms with Crippen molar-refractivity contribution in [3.05, 3.63) is 30.6 Å². The standard InChI is InChI=1S/C10H11N3O6P2/c11-10(18-20(14)15,19-21(16)17)5-6-13-7-12-8-3-1-2-4-9(8)13/h1-4,7H,5-6,11H2/p+2. The number of imidazole rings is 1. The summed E-state index contributed by atoms with van der Waals surface area (Å²) in [5, 5.41) is 0. The molecule has 0 saturated heterocycles. The van der Waals surface area contributed by atoms with Gasteiger partial charge in [-0.15, -0.1) is 9.79 Å². The monoisotopic (exact) mass is 333 g/mol. The van der Waals surface area contributed by atoms with Crippen LogP contribution < -0.4 is 5.73 Å². The number of rotatable bonds is 7. The van der Waals surface area contributed by atoms with Crippen molar-refractivity contribution in [2.45, 2.75) is 18.9 Å². The number of nitrogens with zero attached hydrogens (tertiary/aromatic N) is 2. The minimum atomic E-state index is -3.09. The molecule has 0 aliphatic carbocycles. The van der Waals surface area contributed by atoms with Crippen LogP contribution in [-0.4, -0.2) is 25.2 Å². The number of aromatic nitrogens is 2.